The van der Waals surface area contributed by atoms with Gasteiger partial charge in [-0.05, 0) is 47.2 Å². The van der Waals surface area contributed by atoms with Gasteiger partial charge in [0.05, 0.1) is 19.2 Å². The minimum atomic E-state index is -0.274. The predicted molar refractivity (Wildman–Crippen MR) is 124 cm³/mol. The standard InChI is InChI=1S/C25H26N4O2/c1-31-25(30)12-15-29-24-10-9-21(20-7-3-2-4-8-20)16-22(24)23(26)11-14-28-18-19-6-5-13-27-17-19/h2-11,13-14,16-17,26,28-29H,12,15,18H2,1H3/b14-11-,26-23?. The van der Waals surface area contributed by atoms with Gasteiger partial charge in [-0.25, -0.2) is 0 Å². The highest BCUT2D eigenvalue weighted by atomic mass is 16.5. The van der Waals surface area contributed by atoms with Crippen LogP contribution in [0.15, 0.2) is 85.3 Å². The molecular formula is C25H26N4O2. The summed E-state index contributed by atoms with van der Waals surface area (Å²) in [5.41, 5.74) is 5.08. The molecule has 0 aliphatic carbocycles. The molecular weight excluding hydrogens is 388 g/mol. The van der Waals surface area contributed by atoms with Gasteiger partial charge < -0.3 is 20.8 Å². The summed E-state index contributed by atoms with van der Waals surface area (Å²) in [6, 6.07) is 19.9. The average Bonchev–Trinajstić information content (AvgIpc) is 2.83. The van der Waals surface area contributed by atoms with E-state index in [-0.39, 0.29) is 12.4 Å². The zero-order valence-electron chi connectivity index (χ0n) is 17.5. The average molecular weight is 415 g/mol. The van der Waals surface area contributed by atoms with Crippen LogP contribution in [0.4, 0.5) is 5.69 Å². The minimum absolute atomic E-state index is 0.256. The first kappa shape index (κ1) is 21.8. The fourth-order valence-corrected chi connectivity index (χ4v) is 3.04. The molecule has 31 heavy (non-hydrogen) atoms. The lowest BCUT2D eigenvalue weighted by Gasteiger charge is -2.14. The van der Waals surface area contributed by atoms with Gasteiger partial charge in [-0.15, -0.1) is 0 Å². The van der Waals surface area contributed by atoms with Gasteiger partial charge in [-0.1, -0.05) is 42.5 Å². The Kier molecular flexibility index (Phi) is 7.94. The van der Waals surface area contributed by atoms with Crippen LogP contribution in [0.25, 0.3) is 11.1 Å². The van der Waals surface area contributed by atoms with Gasteiger partial charge in [0.1, 0.15) is 0 Å². The quantitative estimate of drug-likeness (QED) is 0.338. The lowest BCUT2D eigenvalue weighted by molar-refractivity contribution is -0.140. The second kappa shape index (κ2) is 11.3. The van der Waals surface area contributed by atoms with E-state index in [1.54, 1.807) is 24.7 Å². The van der Waals surface area contributed by atoms with Gasteiger partial charge in [0.15, 0.2) is 0 Å². The second-order valence-corrected chi connectivity index (χ2v) is 6.87. The Labute approximate surface area is 182 Å². The molecule has 158 valence electrons. The van der Waals surface area contributed by atoms with Crippen molar-refractivity contribution in [3.05, 3.63) is 96.5 Å². The lowest BCUT2D eigenvalue weighted by atomic mass is 9.99. The van der Waals surface area contributed by atoms with Crippen LogP contribution >= 0.6 is 0 Å². The van der Waals surface area contributed by atoms with Crippen molar-refractivity contribution in [3.63, 3.8) is 0 Å². The predicted octanol–water partition coefficient (Wildman–Crippen LogP) is 4.39. The Morgan fingerprint density at radius 3 is 2.68 bits per heavy atom. The van der Waals surface area contributed by atoms with Crippen molar-refractivity contribution in [2.45, 2.75) is 13.0 Å². The number of pyridine rings is 1. The molecule has 0 saturated heterocycles. The van der Waals surface area contributed by atoms with Gasteiger partial charge in [0, 0.05) is 36.7 Å². The molecule has 6 heteroatoms. The first-order chi connectivity index (χ1) is 15.2. The van der Waals surface area contributed by atoms with Gasteiger partial charge in [-0.3, -0.25) is 9.78 Å². The van der Waals surface area contributed by atoms with E-state index in [0.717, 1.165) is 27.9 Å². The van der Waals surface area contributed by atoms with Gasteiger partial charge in [-0.2, -0.15) is 0 Å². The molecule has 1 aromatic heterocycles. The van der Waals surface area contributed by atoms with Crippen LogP contribution in [-0.4, -0.2) is 30.3 Å². The zero-order valence-corrected chi connectivity index (χ0v) is 17.5. The van der Waals surface area contributed by atoms with Crippen LogP contribution in [0.3, 0.4) is 0 Å². The molecule has 0 saturated carbocycles. The van der Waals surface area contributed by atoms with Crippen LogP contribution in [0, 0.1) is 5.41 Å². The number of anilines is 1. The van der Waals surface area contributed by atoms with Gasteiger partial charge in [0.25, 0.3) is 0 Å². The number of hydrogen-bond donors (Lipinski definition) is 3. The van der Waals surface area contributed by atoms with E-state index >= 15 is 0 Å². The SMILES string of the molecule is COC(=O)CCNc1ccc(-c2ccccc2)cc1C(=N)/C=C\NCc1cccnc1. The fourth-order valence-electron chi connectivity index (χ4n) is 3.04. The fraction of sp³-hybridized carbons (Fsp3) is 0.160. The number of allylic oxidation sites excluding steroid dienone is 1. The summed E-state index contributed by atoms with van der Waals surface area (Å²) >= 11 is 0. The zero-order chi connectivity index (χ0) is 21.9. The van der Waals surface area contributed by atoms with Crippen LogP contribution in [0.5, 0.6) is 0 Å². The molecule has 0 aliphatic rings. The smallest absolute Gasteiger partial charge is 0.307 e. The molecule has 0 fully saturated rings. The molecule has 0 unspecified atom stereocenters. The molecule has 3 aromatic rings. The molecule has 0 amide bonds. The number of carbonyl (C=O) groups is 1. The van der Waals surface area contributed by atoms with Crippen LogP contribution in [0.2, 0.25) is 0 Å². The maximum Gasteiger partial charge on any atom is 0.307 e. The molecule has 2 aromatic carbocycles. The number of nitrogens with one attached hydrogen (secondary N) is 3. The van der Waals surface area contributed by atoms with Crippen molar-refractivity contribution in [1.29, 1.82) is 5.41 Å². The number of ether oxygens (including phenoxy) is 1. The molecule has 6 nitrogen and oxygen atoms in total. The molecule has 0 atom stereocenters. The lowest BCUT2D eigenvalue weighted by Crippen LogP contribution is -2.12. The summed E-state index contributed by atoms with van der Waals surface area (Å²) in [4.78, 5) is 15.5. The summed E-state index contributed by atoms with van der Waals surface area (Å²) in [7, 11) is 1.38. The Morgan fingerprint density at radius 1 is 1.10 bits per heavy atom. The van der Waals surface area contributed by atoms with Crippen LogP contribution in [0.1, 0.15) is 17.5 Å². The third-order valence-electron chi connectivity index (χ3n) is 4.69. The number of hydrogen-bond acceptors (Lipinski definition) is 6. The number of aromatic nitrogens is 1. The Balaban J connectivity index is 1.75. The highest BCUT2D eigenvalue weighted by Crippen LogP contribution is 2.26. The van der Waals surface area contributed by atoms with Gasteiger partial charge >= 0.3 is 5.97 Å². The van der Waals surface area contributed by atoms with E-state index in [1.807, 2.05) is 60.7 Å². The summed E-state index contributed by atoms with van der Waals surface area (Å²) in [6.45, 7) is 1.06. The van der Waals surface area contributed by atoms with Crippen molar-refractivity contribution in [1.82, 2.24) is 10.3 Å². The molecule has 0 radical (unpaired) electrons. The number of carbonyl (C=O) groups excluding carboxylic acids is 1. The molecule has 0 spiro atoms. The number of benzene rings is 2. The van der Waals surface area contributed by atoms with Crippen molar-refractivity contribution >= 4 is 17.4 Å². The minimum Gasteiger partial charge on any atom is -0.469 e. The number of esters is 1. The van der Waals surface area contributed by atoms with Gasteiger partial charge in [0.2, 0.25) is 0 Å². The molecule has 3 rings (SSSR count). The largest absolute Gasteiger partial charge is 0.469 e. The van der Waals surface area contributed by atoms with E-state index in [9.17, 15) is 4.79 Å². The third kappa shape index (κ3) is 6.54. The summed E-state index contributed by atoms with van der Waals surface area (Å²) in [5.74, 6) is -0.274. The maximum absolute atomic E-state index is 11.4. The van der Waals surface area contributed by atoms with Crippen molar-refractivity contribution < 1.29 is 9.53 Å². The molecule has 0 bridgehead atoms. The Hall–Kier alpha value is -3.93. The number of nitrogens with zero attached hydrogens (tertiary/aromatic N) is 1. The normalized spacial score (nSPS) is 10.6. The highest BCUT2D eigenvalue weighted by molar-refractivity contribution is 6.11. The maximum atomic E-state index is 11.4. The van der Waals surface area contributed by atoms with Crippen LogP contribution < -0.4 is 10.6 Å². The van der Waals surface area contributed by atoms with E-state index < -0.39 is 0 Å². The van der Waals surface area contributed by atoms with E-state index in [2.05, 4.69) is 15.6 Å². The molecule has 3 N–H and O–H groups in total. The number of methoxy groups -OCH3 is 1. The van der Waals surface area contributed by atoms with Crippen molar-refractivity contribution in [2.24, 2.45) is 0 Å². The first-order valence-corrected chi connectivity index (χ1v) is 10.1. The summed E-state index contributed by atoms with van der Waals surface area (Å²) in [5, 5.41) is 15.0. The monoisotopic (exact) mass is 414 g/mol. The first-order valence-electron chi connectivity index (χ1n) is 10.1. The van der Waals surface area contributed by atoms with Crippen molar-refractivity contribution in [2.75, 3.05) is 19.0 Å². The Bertz CT molecular complexity index is 1030. The van der Waals surface area contributed by atoms with E-state index in [4.69, 9.17) is 10.1 Å². The van der Waals surface area contributed by atoms with E-state index in [0.29, 0.717) is 18.8 Å². The Morgan fingerprint density at radius 2 is 1.94 bits per heavy atom. The number of rotatable bonds is 10. The molecule has 1 heterocycles. The summed E-state index contributed by atoms with van der Waals surface area (Å²) in [6.07, 6.45) is 7.29. The third-order valence-corrected chi connectivity index (χ3v) is 4.69. The highest BCUT2D eigenvalue weighted by Gasteiger charge is 2.09. The van der Waals surface area contributed by atoms with Crippen LogP contribution in [-0.2, 0) is 16.1 Å². The topological polar surface area (TPSA) is 87.1 Å². The van der Waals surface area contributed by atoms with Crippen molar-refractivity contribution in [3.8, 4) is 11.1 Å². The summed E-state index contributed by atoms with van der Waals surface area (Å²) < 4.78 is 4.70. The van der Waals surface area contributed by atoms with E-state index in [1.165, 1.54) is 7.11 Å². The second-order valence-electron chi connectivity index (χ2n) is 6.87. The molecule has 0 aliphatic heterocycles.